The normalized spacial score (nSPS) is 10.0. The molecule has 0 atom stereocenters. The summed E-state index contributed by atoms with van der Waals surface area (Å²) in [5, 5.41) is 2.68. The van der Waals surface area contributed by atoms with Crippen molar-refractivity contribution in [1.29, 1.82) is 0 Å². The SMILES string of the molecule is Cc1ccc(NC(=O)c2ccc(F)cn2)cc1. The molecular weight excluding hydrogens is 219 g/mol. The summed E-state index contributed by atoms with van der Waals surface area (Å²) >= 11 is 0. The molecule has 1 amide bonds. The van der Waals surface area contributed by atoms with Gasteiger partial charge in [-0.1, -0.05) is 17.7 Å². The van der Waals surface area contributed by atoms with Gasteiger partial charge in [-0.2, -0.15) is 0 Å². The summed E-state index contributed by atoms with van der Waals surface area (Å²) in [5.74, 6) is -0.814. The molecule has 4 heteroatoms. The van der Waals surface area contributed by atoms with E-state index in [1.165, 1.54) is 12.1 Å². The van der Waals surface area contributed by atoms with Crippen LogP contribution in [0.4, 0.5) is 10.1 Å². The number of hydrogen-bond acceptors (Lipinski definition) is 2. The van der Waals surface area contributed by atoms with E-state index in [9.17, 15) is 9.18 Å². The maximum absolute atomic E-state index is 12.6. The first-order valence-corrected chi connectivity index (χ1v) is 5.15. The summed E-state index contributed by atoms with van der Waals surface area (Å²) in [6.07, 6.45) is 1.02. The Hall–Kier alpha value is -2.23. The molecule has 17 heavy (non-hydrogen) atoms. The molecule has 0 saturated carbocycles. The van der Waals surface area contributed by atoms with Crippen LogP contribution < -0.4 is 5.32 Å². The van der Waals surface area contributed by atoms with Crippen LogP contribution in [-0.4, -0.2) is 10.9 Å². The summed E-state index contributed by atoms with van der Waals surface area (Å²) in [5.41, 5.74) is 1.99. The van der Waals surface area contributed by atoms with Crippen LogP contribution in [0, 0.1) is 12.7 Å². The van der Waals surface area contributed by atoms with Crippen LogP contribution in [0.25, 0.3) is 0 Å². The molecule has 0 aliphatic rings. The van der Waals surface area contributed by atoms with Gasteiger partial charge < -0.3 is 5.32 Å². The zero-order valence-electron chi connectivity index (χ0n) is 9.27. The van der Waals surface area contributed by atoms with E-state index in [1.54, 1.807) is 12.1 Å². The number of halogens is 1. The summed E-state index contributed by atoms with van der Waals surface area (Å²) in [7, 11) is 0. The van der Waals surface area contributed by atoms with E-state index in [4.69, 9.17) is 0 Å². The topological polar surface area (TPSA) is 42.0 Å². The van der Waals surface area contributed by atoms with E-state index in [0.717, 1.165) is 11.8 Å². The van der Waals surface area contributed by atoms with Gasteiger partial charge in [0.15, 0.2) is 0 Å². The van der Waals surface area contributed by atoms with Crippen molar-refractivity contribution in [3.63, 3.8) is 0 Å². The Morgan fingerprint density at radius 2 is 1.88 bits per heavy atom. The van der Waals surface area contributed by atoms with E-state index in [2.05, 4.69) is 10.3 Å². The van der Waals surface area contributed by atoms with Crippen LogP contribution in [0.15, 0.2) is 42.6 Å². The van der Waals surface area contributed by atoms with E-state index in [-0.39, 0.29) is 11.6 Å². The Bertz CT molecular complexity index is 520. The van der Waals surface area contributed by atoms with Crippen molar-refractivity contribution in [2.75, 3.05) is 5.32 Å². The predicted molar refractivity (Wildman–Crippen MR) is 63.3 cm³/mol. The molecule has 0 saturated heterocycles. The number of anilines is 1. The van der Waals surface area contributed by atoms with Crippen LogP contribution in [0.3, 0.4) is 0 Å². The molecule has 0 aliphatic carbocycles. The van der Waals surface area contributed by atoms with Crippen LogP contribution in [0.2, 0.25) is 0 Å². The van der Waals surface area contributed by atoms with Crippen LogP contribution in [-0.2, 0) is 0 Å². The lowest BCUT2D eigenvalue weighted by Crippen LogP contribution is -2.13. The third-order valence-corrected chi connectivity index (χ3v) is 2.27. The molecular formula is C13H11FN2O. The van der Waals surface area contributed by atoms with E-state index in [1.807, 2.05) is 19.1 Å². The van der Waals surface area contributed by atoms with Gasteiger partial charge in [-0.05, 0) is 31.2 Å². The second-order valence-electron chi connectivity index (χ2n) is 3.68. The fraction of sp³-hybridized carbons (Fsp3) is 0.0769. The van der Waals surface area contributed by atoms with Gasteiger partial charge in [-0.25, -0.2) is 9.37 Å². The average Bonchev–Trinajstić information content (AvgIpc) is 2.33. The third kappa shape index (κ3) is 2.87. The first-order valence-electron chi connectivity index (χ1n) is 5.15. The fourth-order valence-corrected chi connectivity index (χ4v) is 1.34. The number of aryl methyl sites for hydroxylation is 1. The van der Waals surface area contributed by atoms with Gasteiger partial charge in [0.2, 0.25) is 0 Å². The van der Waals surface area contributed by atoms with Crippen LogP contribution in [0.5, 0.6) is 0 Å². The maximum Gasteiger partial charge on any atom is 0.274 e. The second kappa shape index (κ2) is 4.74. The summed E-state index contributed by atoms with van der Waals surface area (Å²) in [4.78, 5) is 15.4. The highest BCUT2D eigenvalue weighted by Gasteiger charge is 2.07. The molecule has 1 N–H and O–H groups in total. The third-order valence-electron chi connectivity index (χ3n) is 2.27. The number of amides is 1. The Morgan fingerprint density at radius 1 is 1.18 bits per heavy atom. The highest BCUT2D eigenvalue weighted by molar-refractivity contribution is 6.02. The number of nitrogens with one attached hydrogen (secondary N) is 1. The lowest BCUT2D eigenvalue weighted by Gasteiger charge is -2.04. The summed E-state index contributed by atoms with van der Waals surface area (Å²) in [6, 6.07) is 9.95. The number of aromatic nitrogens is 1. The van der Waals surface area contributed by atoms with Crippen molar-refractivity contribution in [3.05, 3.63) is 59.7 Å². The van der Waals surface area contributed by atoms with Gasteiger partial charge in [-0.15, -0.1) is 0 Å². The molecule has 0 unspecified atom stereocenters. The average molecular weight is 230 g/mol. The van der Waals surface area contributed by atoms with Crippen molar-refractivity contribution >= 4 is 11.6 Å². The highest BCUT2D eigenvalue weighted by Crippen LogP contribution is 2.10. The zero-order chi connectivity index (χ0) is 12.3. The number of benzene rings is 1. The second-order valence-corrected chi connectivity index (χ2v) is 3.68. The summed E-state index contributed by atoms with van der Waals surface area (Å²) < 4.78 is 12.6. The first kappa shape index (κ1) is 11.3. The molecule has 2 rings (SSSR count). The minimum Gasteiger partial charge on any atom is -0.321 e. The van der Waals surface area contributed by atoms with Gasteiger partial charge in [-0.3, -0.25) is 4.79 Å². The van der Waals surface area contributed by atoms with Gasteiger partial charge in [0.05, 0.1) is 6.20 Å². The number of rotatable bonds is 2. The van der Waals surface area contributed by atoms with E-state index in [0.29, 0.717) is 5.69 Å². The Balaban J connectivity index is 2.11. The molecule has 2 aromatic rings. The van der Waals surface area contributed by atoms with Crippen molar-refractivity contribution in [2.45, 2.75) is 6.92 Å². The largest absolute Gasteiger partial charge is 0.321 e. The zero-order valence-corrected chi connectivity index (χ0v) is 9.27. The minimum absolute atomic E-state index is 0.187. The molecule has 0 aliphatic heterocycles. The molecule has 3 nitrogen and oxygen atoms in total. The standard InChI is InChI=1S/C13H11FN2O/c1-9-2-5-11(6-3-9)16-13(17)12-7-4-10(14)8-15-12/h2-8H,1H3,(H,16,17). The Kier molecular flexibility index (Phi) is 3.14. The Morgan fingerprint density at radius 3 is 2.47 bits per heavy atom. The van der Waals surface area contributed by atoms with E-state index < -0.39 is 5.82 Å². The van der Waals surface area contributed by atoms with Crippen LogP contribution in [0.1, 0.15) is 16.1 Å². The Labute approximate surface area is 98.3 Å². The van der Waals surface area contributed by atoms with Gasteiger partial charge in [0.1, 0.15) is 11.5 Å². The van der Waals surface area contributed by atoms with Crippen molar-refractivity contribution in [3.8, 4) is 0 Å². The molecule has 0 radical (unpaired) electrons. The van der Waals surface area contributed by atoms with Crippen molar-refractivity contribution < 1.29 is 9.18 Å². The number of pyridine rings is 1. The number of carbonyl (C=O) groups excluding carboxylic acids is 1. The lowest BCUT2D eigenvalue weighted by molar-refractivity contribution is 0.102. The molecule has 0 bridgehead atoms. The van der Waals surface area contributed by atoms with Crippen molar-refractivity contribution in [2.24, 2.45) is 0 Å². The van der Waals surface area contributed by atoms with Gasteiger partial charge in [0, 0.05) is 5.69 Å². The lowest BCUT2D eigenvalue weighted by atomic mass is 10.2. The minimum atomic E-state index is -0.461. The molecule has 0 spiro atoms. The molecule has 0 fully saturated rings. The van der Waals surface area contributed by atoms with Gasteiger partial charge in [0.25, 0.3) is 5.91 Å². The van der Waals surface area contributed by atoms with Crippen LogP contribution >= 0.6 is 0 Å². The smallest absolute Gasteiger partial charge is 0.274 e. The molecule has 1 aromatic carbocycles. The quantitative estimate of drug-likeness (QED) is 0.861. The molecule has 1 aromatic heterocycles. The monoisotopic (exact) mass is 230 g/mol. The van der Waals surface area contributed by atoms with E-state index >= 15 is 0 Å². The number of hydrogen-bond donors (Lipinski definition) is 1. The number of nitrogens with zero attached hydrogens (tertiary/aromatic N) is 1. The summed E-state index contributed by atoms with van der Waals surface area (Å²) in [6.45, 7) is 1.97. The maximum atomic E-state index is 12.6. The number of carbonyl (C=O) groups is 1. The predicted octanol–water partition coefficient (Wildman–Crippen LogP) is 2.78. The highest BCUT2D eigenvalue weighted by atomic mass is 19.1. The molecule has 1 heterocycles. The molecule has 86 valence electrons. The van der Waals surface area contributed by atoms with Crippen molar-refractivity contribution in [1.82, 2.24) is 4.98 Å². The fourth-order valence-electron chi connectivity index (χ4n) is 1.34. The van der Waals surface area contributed by atoms with Gasteiger partial charge >= 0.3 is 0 Å². The first-order chi connectivity index (χ1) is 8.15.